The number of hydrogen-bond donors (Lipinski definition) is 2. The summed E-state index contributed by atoms with van der Waals surface area (Å²) in [4.78, 5) is 0. The molecular weight excluding hydrogens is 114 g/mol. The van der Waals surface area contributed by atoms with Gasteiger partial charge in [0.15, 0.2) is 0 Å². The lowest BCUT2D eigenvalue weighted by molar-refractivity contribution is 0.0571. The van der Waals surface area contributed by atoms with Crippen LogP contribution in [0.15, 0.2) is 0 Å². The third kappa shape index (κ3) is 1.43. The second kappa shape index (κ2) is 2.27. The third-order valence-electron chi connectivity index (χ3n) is 2.20. The van der Waals surface area contributed by atoms with Crippen LogP contribution < -0.4 is 5.73 Å². The first-order chi connectivity index (χ1) is 4.13. The van der Waals surface area contributed by atoms with Crippen LogP contribution in [-0.4, -0.2) is 16.7 Å². The maximum atomic E-state index is 9.31. The molecular formula is C7H15NO. The highest BCUT2D eigenvalue weighted by Gasteiger charge is 2.30. The van der Waals surface area contributed by atoms with Gasteiger partial charge in [-0.05, 0) is 19.8 Å². The van der Waals surface area contributed by atoms with E-state index in [9.17, 15) is 5.11 Å². The zero-order valence-electron chi connectivity index (χ0n) is 5.93. The molecule has 0 aliphatic heterocycles. The average molecular weight is 129 g/mol. The first-order valence-electron chi connectivity index (χ1n) is 3.60. The van der Waals surface area contributed by atoms with E-state index < -0.39 is 0 Å². The van der Waals surface area contributed by atoms with E-state index >= 15 is 0 Å². The second-order valence-corrected chi connectivity index (χ2v) is 3.27. The molecule has 0 spiro atoms. The molecule has 1 fully saturated rings. The van der Waals surface area contributed by atoms with Gasteiger partial charge in [0.05, 0.1) is 6.10 Å². The van der Waals surface area contributed by atoms with Gasteiger partial charge in [-0.1, -0.05) is 12.8 Å². The molecule has 2 heteroatoms. The van der Waals surface area contributed by atoms with Crippen LogP contribution in [0.2, 0.25) is 0 Å². The molecule has 1 rings (SSSR count). The first-order valence-corrected chi connectivity index (χ1v) is 3.60. The van der Waals surface area contributed by atoms with Gasteiger partial charge in [0.25, 0.3) is 0 Å². The van der Waals surface area contributed by atoms with Gasteiger partial charge in [-0.15, -0.1) is 0 Å². The fraction of sp³-hybridized carbons (Fsp3) is 1.00. The molecule has 54 valence electrons. The van der Waals surface area contributed by atoms with Crippen molar-refractivity contribution in [1.29, 1.82) is 0 Å². The molecule has 1 aliphatic carbocycles. The topological polar surface area (TPSA) is 46.2 Å². The van der Waals surface area contributed by atoms with E-state index in [0.29, 0.717) is 0 Å². The molecule has 2 atom stereocenters. The molecule has 0 aromatic rings. The van der Waals surface area contributed by atoms with Gasteiger partial charge in [-0.3, -0.25) is 0 Å². The summed E-state index contributed by atoms with van der Waals surface area (Å²) in [6, 6.07) is 0. The van der Waals surface area contributed by atoms with Gasteiger partial charge in [0, 0.05) is 5.54 Å². The summed E-state index contributed by atoms with van der Waals surface area (Å²) >= 11 is 0. The van der Waals surface area contributed by atoms with E-state index in [1.165, 1.54) is 6.42 Å². The Bertz CT molecular complexity index is 101. The van der Waals surface area contributed by atoms with Crippen molar-refractivity contribution in [2.24, 2.45) is 5.73 Å². The lowest BCUT2D eigenvalue weighted by Gasteiger charge is -2.34. The number of aliphatic hydroxyl groups is 1. The van der Waals surface area contributed by atoms with Crippen LogP contribution in [0.5, 0.6) is 0 Å². The Hall–Kier alpha value is -0.0800. The highest BCUT2D eigenvalue weighted by atomic mass is 16.3. The van der Waals surface area contributed by atoms with E-state index in [1.54, 1.807) is 0 Å². The van der Waals surface area contributed by atoms with E-state index in [1.807, 2.05) is 6.92 Å². The van der Waals surface area contributed by atoms with E-state index in [4.69, 9.17) is 5.73 Å². The molecule has 1 saturated carbocycles. The Morgan fingerprint density at radius 2 is 2.22 bits per heavy atom. The molecule has 0 saturated heterocycles. The molecule has 3 N–H and O–H groups in total. The van der Waals surface area contributed by atoms with Crippen LogP contribution in [0.25, 0.3) is 0 Å². The largest absolute Gasteiger partial charge is 0.391 e. The summed E-state index contributed by atoms with van der Waals surface area (Å²) < 4.78 is 0. The summed E-state index contributed by atoms with van der Waals surface area (Å²) in [5.74, 6) is 0. The van der Waals surface area contributed by atoms with Crippen molar-refractivity contribution in [3.05, 3.63) is 0 Å². The van der Waals surface area contributed by atoms with Gasteiger partial charge in [-0.25, -0.2) is 0 Å². The second-order valence-electron chi connectivity index (χ2n) is 3.27. The van der Waals surface area contributed by atoms with Crippen molar-refractivity contribution < 1.29 is 5.11 Å². The standard InChI is InChI=1S/C7H15NO/c1-7(8)5-3-2-4-6(7)9/h6,9H,2-5,8H2,1H3/t6?,7-/m1/s1. The van der Waals surface area contributed by atoms with Crippen molar-refractivity contribution in [1.82, 2.24) is 0 Å². The summed E-state index contributed by atoms with van der Waals surface area (Å²) in [7, 11) is 0. The van der Waals surface area contributed by atoms with E-state index in [-0.39, 0.29) is 11.6 Å². The molecule has 0 heterocycles. The summed E-state index contributed by atoms with van der Waals surface area (Å²) in [6.45, 7) is 1.93. The van der Waals surface area contributed by atoms with Crippen LogP contribution in [-0.2, 0) is 0 Å². The maximum absolute atomic E-state index is 9.31. The molecule has 2 nitrogen and oxygen atoms in total. The molecule has 1 aliphatic rings. The Labute approximate surface area is 56.1 Å². The lowest BCUT2D eigenvalue weighted by Crippen LogP contribution is -2.49. The molecule has 0 bridgehead atoms. The minimum absolute atomic E-state index is 0.272. The minimum atomic E-state index is -0.307. The maximum Gasteiger partial charge on any atom is 0.0716 e. The number of rotatable bonds is 0. The quantitative estimate of drug-likeness (QED) is 0.504. The number of aliphatic hydroxyl groups excluding tert-OH is 1. The Kier molecular flexibility index (Phi) is 1.78. The third-order valence-corrected chi connectivity index (χ3v) is 2.20. The monoisotopic (exact) mass is 129 g/mol. The Balaban J connectivity index is 2.49. The van der Waals surface area contributed by atoms with E-state index in [2.05, 4.69) is 0 Å². The van der Waals surface area contributed by atoms with E-state index in [0.717, 1.165) is 19.3 Å². The number of hydrogen-bond acceptors (Lipinski definition) is 2. The van der Waals surface area contributed by atoms with Crippen molar-refractivity contribution in [3.63, 3.8) is 0 Å². The van der Waals surface area contributed by atoms with Crippen molar-refractivity contribution in [2.75, 3.05) is 0 Å². The van der Waals surface area contributed by atoms with Gasteiger partial charge in [0.1, 0.15) is 0 Å². The smallest absolute Gasteiger partial charge is 0.0716 e. The van der Waals surface area contributed by atoms with Crippen LogP contribution in [0.1, 0.15) is 32.6 Å². The SMILES string of the molecule is C[C@@]1(N)CCCCC1O. The van der Waals surface area contributed by atoms with Gasteiger partial charge < -0.3 is 10.8 Å². The van der Waals surface area contributed by atoms with Crippen LogP contribution in [0.3, 0.4) is 0 Å². The zero-order chi connectivity index (χ0) is 6.91. The lowest BCUT2D eigenvalue weighted by atomic mass is 9.82. The minimum Gasteiger partial charge on any atom is -0.391 e. The zero-order valence-corrected chi connectivity index (χ0v) is 5.93. The summed E-state index contributed by atoms with van der Waals surface area (Å²) in [5, 5.41) is 9.31. The highest BCUT2D eigenvalue weighted by Crippen LogP contribution is 2.25. The Morgan fingerprint density at radius 3 is 2.56 bits per heavy atom. The van der Waals surface area contributed by atoms with Gasteiger partial charge in [-0.2, -0.15) is 0 Å². The Morgan fingerprint density at radius 1 is 1.56 bits per heavy atom. The van der Waals surface area contributed by atoms with Crippen molar-refractivity contribution in [3.8, 4) is 0 Å². The molecule has 9 heavy (non-hydrogen) atoms. The number of nitrogens with two attached hydrogens (primary N) is 1. The average Bonchev–Trinajstić information content (AvgIpc) is 1.77. The predicted molar refractivity (Wildman–Crippen MR) is 37.1 cm³/mol. The van der Waals surface area contributed by atoms with Crippen LogP contribution in [0, 0.1) is 0 Å². The normalized spacial score (nSPS) is 45.0. The van der Waals surface area contributed by atoms with Crippen molar-refractivity contribution in [2.45, 2.75) is 44.2 Å². The van der Waals surface area contributed by atoms with Crippen LogP contribution in [0.4, 0.5) is 0 Å². The van der Waals surface area contributed by atoms with Crippen LogP contribution >= 0.6 is 0 Å². The fourth-order valence-corrected chi connectivity index (χ4v) is 1.34. The van der Waals surface area contributed by atoms with Gasteiger partial charge in [0.2, 0.25) is 0 Å². The van der Waals surface area contributed by atoms with Crippen molar-refractivity contribution >= 4 is 0 Å². The molecule has 0 aromatic heterocycles. The fourth-order valence-electron chi connectivity index (χ4n) is 1.34. The highest BCUT2D eigenvalue weighted by molar-refractivity contribution is 4.89. The molecule has 0 aromatic carbocycles. The van der Waals surface area contributed by atoms with Gasteiger partial charge >= 0.3 is 0 Å². The molecule has 0 radical (unpaired) electrons. The summed E-state index contributed by atoms with van der Waals surface area (Å²) in [6.07, 6.45) is 3.88. The summed E-state index contributed by atoms with van der Waals surface area (Å²) in [5.41, 5.74) is 5.46. The molecule has 0 amide bonds. The predicted octanol–water partition coefficient (Wildman–Crippen LogP) is 0.639. The first kappa shape index (κ1) is 7.03. The molecule has 1 unspecified atom stereocenters.